The van der Waals surface area contributed by atoms with E-state index in [0.717, 1.165) is 24.6 Å². The number of hydrogen-bond acceptors (Lipinski definition) is 4. The van der Waals surface area contributed by atoms with Gasteiger partial charge in [0, 0.05) is 23.6 Å². The van der Waals surface area contributed by atoms with E-state index in [1.807, 2.05) is 30.3 Å². The molecule has 6 heteroatoms. The van der Waals surface area contributed by atoms with Crippen molar-refractivity contribution in [3.8, 4) is 17.2 Å². The zero-order chi connectivity index (χ0) is 19.8. The van der Waals surface area contributed by atoms with E-state index < -0.39 is 6.10 Å². The Morgan fingerprint density at radius 3 is 2.14 bits per heavy atom. The predicted molar refractivity (Wildman–Crippen MR) is 120 cm³/mol. The Bertz CT molecular complexity index is 726. The van der Waals surface area contributed by atoms with Gasteiger partial charge in [0.25, 0.3) is 0 Å². The number of benzene rings is 2. The van der Waals surface area contributed by atoms with E-state index >= 15 is 0 Å². The van der Waals surface area contributed by atoms with Gasteiger partial charge in [0.15, 0.2) is 6.10 Å². The average molecular weight is 396 g/mol. The third kappa shape index (κ3) is 6.28. The number of carbonyl (C=O) groups excluding carboxylic acids is 1. The van der Waals surface area contributed by atoms with Gasteiger partial charge in [-0.15, -0.1) is 0 Å². The minimum atomic E-state index is -0.566. The van der Waals surface area contributed by atoms with Crippen molar-refractivity contribution in [2.24, 2.45) is 5.92 Å². The van der Waals surface area contributed by atoms with Crippen LogP contribution in [-0.2, 0) is 0 Å². The molecule has 0 saturated heterocycles. The molecule has 3 unspecified atom stereocenters. The quantitative estimate of drug-likeness (QED) is 0.346. The Hall–Kier alpha value is -1.46. The Kier molecular flexibility index (Phi) is 10.7. The minimum absolute atomic E-state index is 0. The Labute approximate surface area is 182 Å². The fourth-order valence-corrected chi connectivity index (χ4v) is 3.40. The van der Waals surface area contributed by atoms with Gasteiger partial charge in [-0.25, -0.2) is 0 Å². The molecule has 0 aliphatic rings. The number of methoxy groups -OCH3 is 2. The molecule has 2 aromatic carbocycles. The summed E-state index contributed by atoms with van der Waals surface area (Å²) in [4.78, 5) is 13.1. The van der Waals surface area contributed by atoms with Crippen LogP contribution in [-0.4, -0.2) is 45.0 Å². The van der Waals surface area contributed by atoms with Crippen LogP contribution in [0.3, 0.4) is 0 Å². The second-order valence-electron chi connectivity index (χ2n) is 6.63. The van der Waals surface area contributed by atoms with Gasteiger partial charge in [0.2, 0.25) is 5.78 Å². The molecule has 0 radical (unpaired) electrons. The molecule has 0 spiro atoms. The van der Waals surface area contributed by atoms with Gasteiger partial charge in [0.05, 0.1) is 19.5 Å². The summed E-state index contributed by atoms with van der Waals surface area (Å²) in [5, 5.41) is 0.817. The van der Waals surface area contributed by atoms with Gasteiger partial charge in [-0.3, -0.25) is 4.79 Å². The number of ether oxygens (including phenoxy) is 3. The molecule has 0 saturated carbocycles. The number of rotatable bonds is 10. The average Bonchev–Trinajstić information content (AvgIpc) is 2.71. The topological polar surface area (TPSA) is 44.8 Å². The SMILES string of the molecule is CCCCC(C)C(Oc1cc(OC)c(P)c(OC)c1)C(=O)c1ccccc1.[LiH]. The van der Waals surface area contributed by atoms with Crippen molar-refractivity contribution < 1.29 is 19.0 Å². The fraction of sp³-hybridized carbons (Fsp3) is 0.409. The zero-order valence-corrected chi connectivity index (χ0v) is 17.7. The van der Waals surface area contributed by atoms with Crippen LogP contribution in [0.4, 0.5) is 0 Å². The Balaban J connectivity index is 0.00000392. The summed E-state index contributed by atoms with van der Waals surface area (Å²) in [5.41, 5.74) is 0.660. The van der Waals surface area contributed by atoms with E-state index in [0.29, 0.717) is 22.8 Å². The molecular weight excluding hydrogens is 366 g/mol. The van der Waals surface area contributed by atoms with Gasteiger partial charge in [-0.2, -0.15) is 0 Å². The molecule has 148 valence electrons. The van der Waals surface area contributed by atoms with Crippen LogP contribution in [0, 0.1) is 5.92 Å². The Morgan fingerprint density at radius 2 is 1.64 bits per heavy atom. The summed E-state index contributed by atoms with van der Waals surface area (Å²) in [7, 11) is 5.81. The van der Waals surface area contributed by atoms with Crippen LogP contribution in [0.2, 0.25) is 0 Å². The number of carbonyl (C=O) groups is 1. The van der Waals surface area contributed by atoms with Crippen molar-refractivity contribution in [2.75, 3.05) is 14.2 Å². The standard InChI is InChI=1S/C22H29O4P.Li.H/c1-5-6-10-15(2)21(20(23)16-11-8-7-9-12-16)26-17-13-18(24-3)22(27)19(14-17)25-4;;/h7-9,11-15,21H,5-6,10,27H2,1-4H3;;. The molecular formula is C22H30LiO4P. The van der Waals surface area contributed by atoms with Crippen LogP contribution >= 0.6 is 9.24 Å². The van der Waals surface area contributed by atoms with Gasteiger partial charge in [0.1, 0.15) is 17.2 Å². The molecule has 0 N–H and O–H groups in total. The monoisotopic (exact) mass is 396 g/mol. The van der Waals surface area contributed by atoms with E-state index in [2.05, 4.69) is 23.1 Å². The summed E-state index contributed by atoms with van der Waals surface area (Å²) in [6.45, 7) is 4.22. The second kappa shape index (κ2) is 12.2. The summed E-state index contributed by atoms with van der Waals surface area (Å²) in [6, 6.07) is 12.9. The molecule has 0 aromatic heterocycles. The molecule has 0 amide bonds. The Morgan fingerprint density at radius 1 is 1.07 bits per heavy atom. The molecule has 0 bridgehead atoms. The van der Waals surface area contributed by atoms with Crippen molar-refractivity contribution in [3.63, 3.8) is 0 Å². The summed E-state index contributed by atoms with van der Waals surface area (Å²) < 4.78 is 17.0. The number of hydrogen-bond donors (Lipinski definition) is 0. The molecule has 2 aromatic rings. The van der Waals surface area contributed by atoms with Crippen molar-refractivity contribution in [1.82, 2.24) is 0 Å². The summed E-state index contributed by atoms with van der Waals surface area (Å²) in [6.07, 6.45) is 2.50. The zero-order valence-electron chi connectivity index (χ0n) is 16.5. The second-order valence-corrected chi connectivity index (χ2v) is 7.21. The first-order valence-electron chi connectivity index (χ1n) is 9.29. The number of Topliss-reactive ketones (excluding diaryl/α,β-unsaturated/α-hetero) is 1. The molecule has 0 heterocycles. The molecule has 2 rings (SSSR count). The molecule has 3 atom stereocenters. The van der Waals surface area contributed by atoms with Crippen molar-refractivity contribution in [3.05, 3.63) is 48.0 Å². The normalized spacial score (nSPS) is 12.5. The van der Waals surface area contributed by atoms with Crippen LogP contribution in [0.15, 0.2) is 42.5 Å². The van der Waals surface area contributed by atoms with Crippen molar-refractivity contribution in [1.29, 1.82) is 0 Å². The van der Waals surface area contributed by atoms with E-state index in [-0.39, 0.29) is 30.6 Å². The summed E-state index contributed by atoms with van der Waals surface area (Å²) >= 11 is 0. The van der Waals surface area contributed by atoms with Crippen LogP contribution in [0.5, 0.6) is 17.2 Å². The third-order valence-electron chi connectivity index (χ3n) is 4.63. The number of unbranched alkanes of at least 4 members (excludes halogenated alkanes) is 1. The van der Waals surface area contributed by atoms with Crippen LogP contribution in [0.1, 0.15) is 43.5 Å². The molecule has 0 aliphatic heterocycles. The third-order valence-corrected chi connectivity index (χ3v) is 5.20. The first-order chi connectivity index (χ1) is 13.0. The van der Waals surface area contributed by atoms with Crippen LogP contribution < -0.4 is 19.5 Å². The molecule has 4 nitrogen and oxygen atoms in total. The predicted octanol–water partition coefficient (Wildman–Crippen LogP) is 4.01. The van der Waals surface area contributed by atoms with Gasteiger partial charge in [-0.05, 0) is 6.42 Å². The maximum absolute atomic E-state index is 13.1. The molecule has 0 fully saturated rings. The first kappa shape index (κ1) is 24.6. The van der Waals surface area contributed by atoms with E-state index in [9.17, 15) is 4.79 Å². The maximum atomic E-state index is 13.1. The first-order valence-corrected chi connectivity index (χ1v) is 9.86. The molecule has 28 heavy (non-hydrogen) atoms. The van der Waals surface area contributed by atoms with Gasteiger partial charge < -0.3 is 14.2 Å². The van der Waals surface area contributed by atoms with Crippen LogP contribution in [0.25, 0.3) is 0 Å². The van der Waals surface area contributed by atoms with E-state index in [1.54, 1.807) is 26.4 Å². The number of ketones is 1. The molecule has 0 aliphatic carbocycles. The fourth-order valence-electron chi connectivity index (χ4n) is 3.00. The van der Waals surface area contributed by atoms with E-state index in [4.69, 9.17) is 14.2 Å². The van der Waals surface area contributed by atoms with Crippen molar-refractivity contribution in [2.45, 2.75) is 39.2 Å². The van der Waals surface area contributed by atoms with E-state index in [1.165, 1.54) is 0 Å². The van der Waals surface area contributed by atoms with Gasteiger partial charge in [-0.1, -0.05) is 66.3 Å². The van der Waals surface area contributed by atoms with Gasteiger partial charge >= 0.3 is 18.9 Å². The summed E-state index contributed by atoms with van der Waals surface area (Å²) in [5.74, 6) is 1.92. The van der Waals surface area contributed by atoms with Crippen molar-refractivity contribution >= 4 is 39.2 Å².